The van der Waals surface area contributed by atoms with E-state index >= 15 is 0 Å². The average Bonchev–Trinajstić information content (AvgIpc) is 3.71. The molecular weight excluding hydrogens is 536 g/mol. The summed E-state index contributed by atoms with van der Waals surface area (Å²) < 4.78 is 6.73. The highest BCUT2D eigenvalue weighted by Crippen LogP contribution is 2.36. The van der Waals surface area contributed by atoms with Crippen LogP contribution in [0.4, 0.5) is 16.4 Å². The van der Waals surface area contributed by atoms with E-state index in [-0.39, 0.29) is 24.6 Å². The Morgan fingerprint density at radius 2 is 1.88 bits per heavy atom. The number of anilines is 2. The van der Waals surface area contributed by atoms with Gasteiger partial charge in [-0.05, 0) is 68.9 Å². The molecule has 2 fully saturated rings. The summed E-state index contributed by atoms with van der Waals surface area (Å²) in [4.78, 5) is 38.4. The van der Waals surface area contributed by atoms with Gasteiger partial charge < -0.3 is 20.2 Å². The third-order valence-corrected chi connectivity index (χ3v) is 7.80. The number of rotatable bonds is 10. The lowest BCUT2D eigenvalue weighted by Crippen LogP contribution is -2.45. The molecule has 42 heavy (non-hydrogen) atoms. The second-order valence-corrected chi connectivity index (χ2v) is 10.6. The fourth-order valence-corrected chi connectivity index (χ4v) is 5.59. The van der Waals surface area contributed by atoms with E-state index in [0.717, 1.165) is 29.8 Å². The Hall–Kier alpha value is -4.50. The number of nitriles is 1. The maximum Gasteiger partial charge on any atom is 0.527 e. The number of nitrogens with one attached hydrogen (secondary N) is 2. The molecule has 0 radical (unpaired) electrons. The van der Waals surface area contributed by atoms with Crippen LogP contribution in [0.25, 0.3) is 11.3 Å². The van der Waals surface area contributed by atoms with Crippen LogP contribution < -0.4 is 10.6 Å². The summed E-state index contributed by atoms with van der Waals surface area (Å²) in [5, 5.41) is 21.8. The fourth-order valence-electron chi connectivity index (χ4n) is 5.59. The van der Waals surface area contributed by atoms with Gasteiger partial charge in [0.1, 0.15) is 0 Å². The van der Waals surface area contributed by atoms with Crippen molar-refractivity contribution >= 4 is 23.7 Å². The SMILES string of the molecule is CCOC(=O)ON1CCC(NC(=O)c2ccc(Nc3nccc(-c4cnn(C(CC#N)C5CCCC5)c4)n3)cc2)CC1. The van der Waals surface area contributed by atoms with E-state index in [1.165, 1.54) is 12.8 Å². The molecule has 12 nitrogen and oxygen atoms in total. The molecule has 0 spiro atoms. The van der Waals surface area contributed by atoms with E-state index in [2.05, 4.69) is 31.8 Å². The molecule has 5 rings (SSSR count). The molecule has 12 heteroatoms. The summed E-state index contributed by atoms with van der Waals surface area (Å²) in [5.41, 5.74) is 2.89. The highest BCUT2D eigenvalue weighted by atomic mass is 16.8. The van der Waals surface area contributed by atoms with Gasteiger partial charge in [-0.2, -0.15) is 10.4 Å². The molecular formula is C30H36N8O4. The summed E-state index contributed by atoms with van der Waals surface area (Å²) in [6, 6.07) is 11.4. The number of hydroxylamine groups is 2. The summed E-state index contributed by atoms with van der Waals surface area (Å²) >= 11 is 0. The fraction of sp³-hybridized carbons (Fsp3) is 0.467. The number of hydrogen-bond donors (Lipinski definition) is 2. The van der Waals surface area contributed by atoms with Crippen LogP contribution in [-0.2, 0) is 9.57 Å². The predicted molar refractivity (Wildman–Crippen MR) is 154 cm³/mol. The van der Waals surface area contributed by atoms with E-state index in [1.807, 2.05) is 29.1 Å². The van der Waals surface area contributed by atoms with Crippen LogP contribution in [0.15, 0.2) is 48.9 Å². The second-order valence-electron chi connectivity index (χ2n) is 10.6. The number of carbonyl (C=O) groups is 2. The normalized spacial score (nSPS) is 16.9. The quantitative estimate of drug-likeness (QED) is 0.318. The van der Waals surface area contributed by atoms with Gasteiger partial charge in [0.15, 0.2) is 0 Å². The Bertz CT molecular complexity index is 1390. The zero-order valence-electron chi connectivity index (χ0n) is 23.7. The van der Waals surface area contributed by atoms with Gasteiger partial charge in [-0.1, -0.05) is 12.8 Å². The first-order chi connectivity index (χ1) is 20.5. The van der Waals surface area contributed by atoms with Crippen LogP contribution in [0, 0.1) is 17.2 Å². The number of nitrogens with zero attached hydrogens (tertiary/aromatic N) is 6. The zero-order valence-corrected chi connectivity index (χ0v) is 23.7. The van der Waals surface area contributed by atoms with Crippen LogP contribution in [0.3, 0.4) is 0 Å². The van der Waals surface area contributed by atoms with E-state index in [4.69, 9.17) is 9.57 Å². The summed E-state index contributed by atoms with van der Waals surface area (Å²) in [6.45, 7) is 3.03. The van der Waals surface area contributed by atoms with Crippen LogP contribution in [0.5, 0.6) is 0 Å². The van der Waals surface area contributed by atoms with Crippen LogP contribution in [-0.4, -0.2) is 62.6 Å². The molecule has 1 aromatic carbocycles. The lowest BCUT2D eigenvalue weighted by Gasteiger charge is -2.30. The van der Waals surface area contributed by atoms with E-state index in [9.17, 15) is 14.9 Å². The Balaban J connectivity index is 1.15. The first-order valence-electron chi connectivity index (χ1n) is 14.5. The molecule has 220 valence electrons. The standard InChI is InChI=1S/C30H36N8O4/c1-2-41-30(40)42-37-17-13-25(14-18-37)34-28(39)22-7-9-24(10-8-22)35-29-32-16-12-26(36-29)23-19-33-38(20-23)27(11-15-31)21-5-3-4-6-21/h7-10,12,16,19-21,25,27H,2-6,11,13-14,17-18H2,1H3,(H,34,39)(H,32,35,36). The van der Waals surface area contributed by atoms with Gasteiger partial charge in [0.05, 0.1) is 37.0 Å². The number of hydrogen-bond acceptors (Lipinski definition) is 10. The van der Waals surface area contributed by atoms with Gasteiger partial charge in [0.2, 0.25) is 5.95 Å². The molecule has 1 saturated heterocycles. The molecule has 1 atom stereocenters. The van der Waals surface area contributed by atoms with E-state index in [1.54, 1.807) is 36.5 Å². The lowest BCUT2D eigenvalue weighted by atomic mass is 9.96. The third-order valence-electron chi connectivity index (χ3n) is 7.80. The molecule has 3 aromatic rings. The highest BCUT2D eigenvalue weighted by Gasteiger charge is 2.27. The topological polar surface area (TPSA) is 147 Å². The Morgan fingerprint density at radius 1 is 1.12 bits per heavy atom. The average molecular weight is 573 g/mol. The van der Waals surface area contributed by atoms with Gasteiger partial charge in [0.25, 0.3) is 5.91 Å². The van der Waals surface area contributed by atoms with E-state index in [0.29, 0.717) is 49.8 Å². The van der Waals surface area contributed by atoms with Crippen molar-refractivity contribution in [3.8, 4) is 17.3 Å². The number of carbonyl (C=O) groups excluding carboxylic acids is 2. The van der Waals surface area contributed by atoms with Gasteiger partial charge >= 0.3 is 6.16 Å². The van der Waals surface area contributed by atoms with Crippen molar-refractivity contribution in [3.63, 3.8) is 0 Å². The maximum atomic E-state index is 12.8. The Morgan fingerprint density at radius 3 is 2.60 bits per heavy atom. The second kappa shape index (κ2) is 13.9. The lowest BCUT2D eigenvalue weighted by molar-refractivity contribution is -0.139. The maximum absolute atomic E-state index is 12.8. The van der Waals surface area contributed by atoms with Gasteiger partial charge in [-0.25, -0.2) is 14.8 Å². The van der Waals surface area contributed by atoms with E-state index < -0.39 is 6.16 Å². The smallest absolute Gasteiger partial charge is 0.433 e. The third kappa shape index (κ3) is 7.41. The van der Waals surface area contributed by atoms with Crippen LogP contribution in [0.1, 0.15) is 68.3 Å². The summed E-state index contributed by atoms with van der Waals surface area (Å²) in [5.74, 6) is 0.753. The number of ether oxygens (including phenoxy) is 1. The number of aromatic nitrogens is 4. The van der Waals surface area contributed by atoms with Crippen LogP contribution in [0.2, 0.25) is 0 Å². The van der Waals surface area contributed by atoms with Crippen LogP contribution >= 0.6 is 0 Å². The molecule has 0 bridgehead atoms. The minimum Gasteiger partial charge on any atom is -0.433 e. The zero-order chi connectivity index (χ0) is 29.3. The van der Waals surface area contributed by atoms with Gasteiger partial charge in [0, 0.05) is 48.3 Å². The first kappa shape index (κ1) is 29.0. The number of amides is 1. The van der Waals surface area contributed by atoms with Crippen molar-refractivity contribution in [1.82, 2.24) is 30.1 Å². The summed E-state index contributed by atoms with van der Waals surface area (Å²) in [6.07, 6.45) is 11.2. The van der Waals surface area contributed by atoms with Crippen molar-refractivity contribution < 1.29 is 19.2 Å². The van der Waals surface area contributed by atoms with Crippen molar-refractivity contribution in [2.75, 3.05) is 25.0 Å². The highest BCUT2D eigenvalue weighted by molar-refractivity contribution is 5.94. The number of benzene rings is 1. The van der Waals surface area contributed by atoms with Crippen molar-refractivity contribution in [1.29, 1.82) is 5.26 Å². The molecule has 3 heterocycles. The van der Waals surface area contributed by atoms with Crippen molar-refractivity contribution in [2.24, 2.45) is 5.92 Å². The van der Waals surface area contributed by atoms with Crippen molar-refractivity contribution in [3.05, 3.63) is 54.5 Å². The molecule has 1 aliphatic carbocycles. The molecule has 2 aliphatic rings. The number of piperidine rings is 1. The molecule has 1 aliphatic heterocycles. The predicted octanol–water partition coefficient (Wildman–Crippen LogP) is 5.01. The Kier molecular flexibility index (Phi) is 9.61. The Labute approximate surface area is 245 Å². The molecule has 1 saturated carbocycles. The first-order valence-corrected chi connectivity index (χ1v) is 14.5. The largest absolute Gasteiger partial charge is 0.527 e. The van der Waals surface area contributed by atoms with Gasteiger partial charge in [-0.15, -0.1) is 5.06 Å². The monoisotopic (exact) mass is 572 g/mol. The van der Waals surface area contributed by atoms with Crippen molar-refractivity contribution in [2.45, 2.75) is 64.0 Å². The molecule has 2 aromatic heterocycles. The minimum atomic E-state index is -0.707. The molecule has 2 N–H and O–H groups in total. The summed E-state index contributed by atoms with van der Waals surface area (Å²) in [7, 11) is 0. The minimum absolute atomic E-state index is 0.00816. The van der Waals surface area contributed by atoms with Gasteiger partial charge in [-0.3, -0.25) is 9.48 Å². The molecule has 1 amide bonds. The molecule has 1 unspecified atom stereocenters.